The molecular weight excluding hydrogens is 536 g/mol. The third-order valence-electron chi connectivity index (χ3n) is 9.86. The summed E-state index contributed by atoms with van der Waals surface area (Å²) in [5.41, 5.74) is 10.8. The average molecular weight is 565 g/mol. The summed E-state index contributed by atoms with van der Waals surface area (Å²) in [5.74, 6) is 1.08. The van der Waals surface area contributed by atoms with Gasteiger partial charge in [-0.2, -0.15) is 0 Å². The summed E-state index contributed by atoms with van der Waals surface area (Å²) in [7, 11) is 0. The smallest absolute Gasteiger partial charge is 0.143 e. The molecule has 6 aromatic carbocycles. The Morgan fingerprint density at radius 2 is 1.39 bits per heavy atom. The number of benzene rings is 6. The van der Waals surface area contributed by atoms with Crippen LogP contribution in [0.15, 0.2) is 132 Å². The van der Waals surface area contributed by atoms with E-state index < -0.39 is 0 Å². The van der Waals surface area contributed by atoms with Gasteiger partial charge in [0.05, 0.1) is 5.92 Å². The molecule has 10 rings (SSSR count). The van der Waals surface area contributed by atoms with Gasteiger partial charge < -0.3 is 9.15 Å². The Hall–Kier alpha value is -5.34. The fourth-order valence-corrected chi connectivity index (χ4v) is 8.00. The number of para-hydroxylation sites is 1. The molecule has 0 fully saturated rings. The van der Waals surface area contributed by atoms with Crippen LogP contribution in [0, 0.1) is 0 Å². The number of rotatable bonds is 2. The lowest BCUT2D eigenvalue weighted by Gasteiger charge is -2.25. The second kappa shape index (κ2) is 9.08. The van der Waals surface area contributed by atoms with Crippen LogP contribution in [0.1, 0.15) is 29.0 Å². The number of hydrogen-bond acceptors (Lipinski definition) is 2. The minimum Gasteiger partial charge on any atom is -0.484 e. The van der Waals surface area contributed by atoms with E-state index in [0.717, 1.165) is 40.5 Å². The molecular formula is C42H28O2. The van der Waals surface area contributed by atoms with Crippen molar-refractivity contribution in [2.75, 3.05) is 0 Å². The first kappa shape index (κ1) is 24.1. The van der Waals surface area contributed by atoms with Gasteiger partial charge in [0.2, 0.25) is 0 Å². The number of fused-ring (bicyclic) bond motifs is 10. The zero-order chi connectivity index (χ0) is 28.8. The van der Waals surface area contributed by atoms with Crippen molar-refractivity contribution in [2.45, 2.75) is 24.9 Å². The average Bonchev–Trinajstić information content (AvgIpc) is 3.65. The van der Waals surface area contributed by atoms with Gasteiger partial charge >= 0.3 is 0 Å². The maximum absolute atomic E-state index is 6.90. The van der Waals surface area contributed by atoms with Gasteiger partial charge in [0, 0.05) is 21.9 Å². The van der Waals surface area contributed by atoms with Crippen molar-refractivity contribution in [1.82, 2.24) is 0 Å². The van der Waals surface area contributed by atoms with E-state index in [1.807, 2.05) is 0 Å². The highest BCUT2D eigenvalue weighted by Gasteiger charge is 2.38. The number of ether oxygens (including phenoxy) is 1. The first-order valence-electron chi connectivity index (χ1n) is 15.6. The summed E-state index contributed by atoms with van der Waals surface area (Å²) in [6.45, 7) is 0. The van der Waals surface area contributed by atoms with E-state index in [1.165, 1.54) is 60.5 Å². The Morgan fingerprint density at radius 3 is 2.30 bits per heavy atom. The second-order valence-electron chi connectivity index (χ2n) is 12.2. The lowest BCUT2D eigenvalue weighted by molar-refractivity contribution is 0.270. The fraction of sp³-hybridized carbons (Fsp3) is 0.0952. The Labute approximate surface area is 255 Å². The third kappa shape index (κ3) is 3.26. The lowest BCUT2D eigenvalue weighted by Crippen LogP contribution is -2.15. The summed E-state index contributed by atoms with van der Waals surface area (Å²) >= 11 is 0. The quantitative estimate of drug-likeness (QED) is 0.208. The molecule has 2 aliphatic carbocycles. The van der Waals surface area contributed by atoms with Crippen LogP contribution in [-0.2, 0) is 6.42 Å². The van der Waals surface area contributed by atoms with Crippen molar-refractivity contribution in [3.05, 3.63) is 144 Å². The Kier molecular flexibility index (Phi) is 4.98. The molecule has 0 bridgehead atoms. The minimum atomic E-state index is -0.0375. The van der Waals surface area contributed by atoms with Gasteiger partial charge in [0.1, 0.15) is 23.0 Å². The van der Waals surface area contributed by atoms with Crippen LogP contribution in [0.25, 0.3) is 71.8 Å². The molecule has 0 N–H and O–H groups in total. The van der Waals surface area contributed by atoms with E-state index in [1.54, 1.807) is 0 Å². The highest BCUT2D eigenvalue weighted by atomic mass is 16.5. The molecule has 1 aromatic heterocycles. The molecule has 0 saturated carbocycles. The maximum atomic E-state index is 6.90. The van der Waals surface area contributed by atoms with Crippen molar-refractivity contribution in [1.29, 1.82) is 0 Å². The van der Waals surface area contributed by atoms with Gasteiger partial charge in [-0.15, -0.1) is 0 Å². The molecule has 3 aliphatic rings. The van der Waals surface area contributed by atoms with Crippen molar-refractivity contribution in [2.24, 2.45) is 0 Å². The number of hydrogen-bond donors (Lipinski definition) is 0. The molecule has 44 heavy (non-hydrogen) atoms. The Bertz CT molecular complexity index is 2430. The molecule has 0 radical (unpaired) electrons. The molecule has 2 heterocycles. The van der Waals surface area contributed by atoms with Crippen LogP contribution < -0.4 is 4.74 Å². The molecule has 2 heteroatoms. The van der Waals surface area contributed by atoms with Crippen molar-refractivity contribution in [3.8, 4) is 28.0 Å². The van der Waals surface area contributed by atoms with Gasteiger partial charge in [-0.1, -0.05) is 115 Å². The maximum Gasteiger partial charge on any atom is 0.143 e. The normalized spacial score (nSPS) is 18.2. The molecule has 7 aromatic rings. The Balaban J connectivity index is 1.36. The summed E-state index contributed by atoms with van der Waals surface area (Å²) in [6.07, 6.45) is 15.4. The van der Waals surface area contributed by atoms with Gasteiger partial charge in [-0.3, -0.25) is 0 Å². The van der Waals surface area contributed by atoms with Crippen LogP contribution in [0.2, 0.25) is 0 Å². The molecule has 0 saturated heterocycles. The molecule has 2 atom stereocenters. The first-order chi connectivity index (χ1) is 21.8. The molecule has 0 spiro atoms. The zero-order valence-corrected chi connectivity index (χ0v) is 24.1. The summed E-state index contributed by atoms with van der Waals surface area (Å²) in [4.78, 5) is 0. The second-order valence-corrected chi connectivity index (χ2v) is 12.2. The fourth-order valence-electron chi connectivity index (χ4n) is 8.00. The van der Waals surface area contributed by atoms with Gasteiger partial charge in [-0.25, -0.2) is 0 Å². The zero-order valence-electron chi connectivity index (χ0n) is 24.1. The van der Waals surface area contributed by atoms with Crippen molar-refractivity contribution < 1.29 is 9.15 Å². The number of allylic oxidation sites excluding steroid dienone is 3. The highest BCUT2D eigenvalue weighted by molar-refractivity contribution is 6.16. The summed E-state index contributed by atoms with van der Waals surface area (Å²) in [5, 5.41) is 7.39. The molecule has 2 unspecified atom stereocenters. The number of furan rings is 1. The summed E-state index contributed by atoms with van der Waals surface area (Å²) < 4.78 is 13.5. The van der Waals surface area contributed by atoms with Crippen LogP contribution in [0.5, 0.6) is 5.75 Å². The Morgan fingerprint density at radius 1 is 0.636 bits per heavy atom. The van der Waals surface area contributed by atoms with Gasteiger partial charge in [-0.05, 0) is 80.4 Å². The first-order valence-corrected chi connectivity index (χ1v) is 15.6. The SMILES string of the molecule is C1=CC2Oc3c(-c4c5c(c(-c6cccc7ccccc67)c6ccccc46)C=CCC5)cc4c(oc5ccccc54)c3C2C=C1. The van der Waals surface area contributed by atoms with Gasteiger partial charge in [0.25, 0.3) is 0 Å². The summed E-state index contributed by atoms with van der Waals surface area (Å²) in [6, 6.07) is 35.2. The van der Waals surface area contributed by atoms with Crippen LogP contribution >= 0.6 is 0 Å². The van der Waals surface area contributed by atoms with E-state index in [2.05, 4.69) is 134 Å². The van der Waals surface area contributed by atoms with Crippen LogP contribution in [-0.4, -0.2) is 6.10 Å². The van der Waals surface area contributed by atoms with E-state index >= 15 is 0 Å². The van der Waals surface area contributed by atoms with Crippen LogP contribution in [0.3, 0.4) is 0 Å². The predicted octanol–water partition coefficient (Wildman–Crippen LogP) is 11.2. The molecule has 2 nitrogen and oxygen atoms in total. The molecule has 208 valence electrons. The van der Waals surface area contributed by atoms with E-state index in [0.29, 0.717) is 0 Å². The van der Waals surface area contributed by atoms with E-state index in [9.17, 15) is 0 Å². The topological polar surface area (TPSA) is 22.4 Å². The molecule has 0 amide bonds. The largest absolute Gasteiger partial charge is 0.484 e. The molecule has 1 aliphatic heterocycles. The van der Waals surface area contributed by atoms with Crippen molar-refractivity contribution >= 4 is 49.6 Å². The lowest BCUT2D eigenvalue weighted by atomic mass is 9.78. The highest BCUT2D eigenvalue weighted by Crippen LogP contribution is 2.55. The standard InChI is InChI=1S/C42H28O2/c1-2-14-26-25(12-1)13-11-21-28(26)38-29-16-3-5-18-31(29)39(32-19-6-4-17-30(32)38)35-24-34-27-15-7-9-22-36(27)43-41(34)40-33-20-8-10-23-37(33)44-42(35)40/h1-5,7-18,20-24,33,37H,6,19H2. The predicted molar refractivity (Wildman–Crippen MR) is 182 cm³/mol. The van der Waals surface area contributed by atoms with Crippen molar-refractivity contribution in [3.63, 3.8) is 0 Å². The third-order valence-corrected chi connectivity index (χ3v) is 9.86. The minimum absolute atomic E-state index is 0.0375. The van der Waals surface area contributed by atoms with Gasteiger partial charge in [0.15, 0.2) is 0 Å². The monoisotopic (exact) mass is 564 g/mol. The van der Waals surface area contributed by atoms with E-state index in [-0.39, 0.29) is 12.0 Å². The van der Waals surface area contributed by atoms with E-state index in [4.69, 9.17) is 9.15 Å². The van der Waals surface area contributed by atoms with Crippen LogP contribution in [0.4, 0.5) is 0 Å².